The zero-order valence-electron chi connectivity index (χ0n) is 20.8. The minimum atomic E-state index is -0.115. The number of hydrogen-bond donors (Lipinski definition) is 0. The van der Waals surface area contributed by atoms with Crippen LogP contribution in [-0.4, -0.2) is 20.4 Å². The van der Waals surface area contributed by atoms with Gasteiger partial charge in [-0.15, -0.1) is 0 Å². The van der Waals surface area contributed by atoms with Crippen LogP contribution in [0.3, 0.4) is 0 Å². The van der Waals surface area contributed by atoms with Gasteiger partial charge in [0, 0.05) is 33.0 Å². The van der Waals surface area contributed by atoms with Gasteiger partial charge >= 0.3 is 0 Å². The van der Waals surface area contributed by atoms with E-state index in [0.29, 0.717) is 5.39 Å². The van der Waals surface area contributed by atoms with Crippen molar-refractivity contribution in [3.63, 3.8) is 0 Å². The maximum Gasteiger partial charge on any atom is 0.282 e. The van der Waals surface area contributed by atoms with Gasteiger partial charge in [-0.3, -0.25) is 4.79 Å². The second-order valence-electron chi connectivity index (χ2n) is 9.84. The number of fused-ring (bicyclic) bond motifs is 1. The lowest BCUT2D eigenvalue weighted by molar-refractivity contribution is 0.416. The van der Waals surface area contributed by atoms with Crippen molar-refractivity contribution < 1.29 is 0 Å². The van der Waals surface area contributed by atoms with Crippen LogP contribution in [0.25, 0.3) is 16.6 Å². The van der Waals surface area contributed by atoms with Crippen molar-refractivity contribution in [2.75, 3.05) is 0 Å². The SMILES string of the molecule is Cc1cc(C)cc(-n2c(C)cc(C=Nn3c(C4CCCCC4)nc4ccc(Br)cc4c3=O)c2C)c1. The van der Waals surface area contributed by atoms with Gasteiger partial charge < -0.3 is 4.57 Å². The van der Waals surface area contributed by atoms with Crippen LogP contribution in [0.5, 0.6) is 0 Å². The fraction of sp³-hybridized carbons (Fsp3) is 0.345. The lowest BCUT2D eigenvalue weighted by Gasteiger charge is -2.22. The van der Waals surface area contributed by atoms with Crippen molar-refractivity contribution in [3.05, 3.63) is 91.2 Å². The Hall–Kier alpha value is -2.99. The van der Waals surface area contributed by atoms with Gasteiger partial charge in [0.15, 0.2) is 0 Å². The summed E-state index contributed by atoms with van der Waals surface area (Å²) in [6, 6.07) is 14.4. The Kier molecular flexibility index (Phi) is 6.49. The average molecular weight is 531 g/mol. The van der Waals surface area contributed by atoms with Crippen LogP contribution in [0, 0.1) is 27.7 Å². The predicted octanol–water partition coefficient (Wildman–Crippen LogP) is 7.11. The van der Waals surface area contributed by atoms with Crippen LogP contribution in [0.15, 0.2) is 56.8 Å². The third-order valence-electron chi connectivity index (χ3n) is 7.05. The number of benzene rings is 2. The van der Waals surface area contributed by atoms with E-state index in [0.717, 1.165) is 51.3 Å². The third kappa shape index (κ3) is 4.64. The van der Waals surface area contributed by atoms with E-state index >= 15 is 0 Å². The molecule has 2 heterocycles. The molecule has 1 aliphatic carbocycles. The van der Waals surface area contributed by atoms with Crippen molar-refractivity contribution in [2.24, 2.45) is 5.10 Å². The standard InChI is InChI=1S/C29H31BrN4O/c1-18-12-19(2)14-25(13-18)33-20(3)15-23(21(33)4)17-31-34-28(22-8-6-5-7-9-22)32-27-11-10-24(30)16-26(27)29(34)35/h10-17,22H,5-9H2,1-4H3. The Labute approximate surface area is 214 Å². The molecule has 0 atom stereocenters. The molecule has 5 rings (SSSR count). The predicted molar refractivity (Wildman–Crippen MR) is 147 cm³/mol. The molecule has 0 spiro atoms. The number of aromatic nitrogens is 3. The van der Waals surface area contributed by atoms with Gasteiger partial charge in [0.1, 0.15) is 5.82 Å². The summed E-state index contributed by atoms with van der Waals surface area (Å²) in [5, 5.41) is 5.34. The van der Waals surface area contributed by atoms with Crippen LogP contribution in [0.1, 0.15) is 71.9 Å². The highest BCUT2D eigenvalue weighted by Gasteiger charge is 2.22. The van der Waals surface area contributed by atoms with Gasteiger partial charge in [0.05, 0.1) is 17.1 Å². The van der Waals surface area contributed by atoms with Gasteiger partial charge in [0.25, 0.3) is 5.56 Å². The van der Waals surface area contributed by atoms with Gasteiger partial charge in [0.2, 0.25) is 0 Å². The van der Waals surface area contributed by atoms with Crippen molar-refractivity contribution >= 4 is 33.0 Å². The fourth-order valence-corrected chi connectivity index (χ4v) is 5.78. The summed E-state index contributed by atoms with van der Waals surface area (Å²) in [5.74, 6) is 1.04. The largest absolute Gasteiger partial charge is 0.318 e. The first-order valence-electron chi connectivity index (χ1n) is 12.4. The smallest absolute Gasteiger partial charge is 0.282 e. The van der Waals surface area contributed by atoms with E-state index in [1.165, 1.54) is 30.4 Å². The lowest BCUT2D eigenvalue weighted by Crippen LogP contribution is -2.25. The number of nitrogens with zero attached hydrogens (tertiary/aromatic N) is 4. The Balaban J connectivity index is 1.62. The van der Waals surface area contributed by atoms with Crippen LogP contribution >= 0.6 is 15.9 Å². The second kappa shape index (κ2) is 9.57. The fourth-order valence-electron chi connectivity index (χ4n) is 5.42. The number of rotatable bonds is 4. The number of hydrogen-bond acceptors (Lipinski definition) is 3. The van der Waals surface area contributed by atoms with E-state index in [2.05, 4.69) is 72.5 Å². The van der Waals surface area contributed by atoms with Crippen LogP contribution in [-0.2, 0) is 0 Å². The van der Waals surface area contributed by atoms with E-state index in [1.807, 2.05) is 24.4 Å². The average Bonchev–Trinajstić information content (AvgIpc) is 3.11. The maximum atomic E-state index is 13.6. The molecule has 0 bridgehead atoms. The monoisotopic (exact) mass is 530 g/mol. The molecule has 4 aromatic rings. The van der Waals surface area contributed by atoms with Crippen molar-refractivity contribution in [2.45, 2.75) is 65.7 Å². The van der Waals surface area contributed by atoms with E-state index in [1.54, 1.807) is 4.68 Å². The van der Waals surface area contributed by atoms with E-state index in [-0.39, 0.29) is 11.5 Å². The molecule has 0 radical (unpaired) electrons. The topological polar surface area (TPSA) is 52.2 Å². The van der Waals surface area contributed by atoms with Crippen molar-refractivity contribution in [3.8, 4) is 5.69 Å². The minimum absolute atomic E-state index is 0.115. The maximum absolute atomic E-state index is 13.6. The zero-order valence-corrected chi connectivity index (χ0v) is 22.4. The molecule has 0 saturated heterocycles. The zero-order chi connectivity index (χ0) is 24.7. The summed E-state index contributed by atoms with van der Waals surface area (Å²) in [7, 11) is 0. The normalized spacial score (nSPS) is 14.9. The molecule has 0 amide bonds. The summed E-state index contributed by atoms with van der Waals surface area (Å²) in [4.78, 5) is 18.6. The molecular formula is C29H31BrN4O. The minimum Gasteiger partial charge on any atom is -0.318 e. The van der Waals surface area contributed by atoms with E-state index in [9.17, 15) is 4.79 Å². The molecule has 2 aromatic carbocycles. The highest BCUT2D eigenvalue weighted by Crippen LogP contribution is 2.32. The summed E-state index contributed by atoms with van der Waals surface area (Å²) >= 11 is 3.50. The van der Waals surface area contributed by atoms with Gasteiger partial charge in [-0.1, -0.05) is 41.3 Å². The molecule has 1 aliphatic rings. The first kappa shape index (κ1) is 23.7. The molecule has 35 heavy (non-hydrogen) atoms. The highest BCUT2D eigenvalue weighted by molar-refractivity contribution is 9.10. The van der Waals surface area contributed by atoms with Crippen molar-refractivity contribution in [1.29, 1.82) is 0 Å². The Bertz CT molecular complexity index is 1490. The Morgan fingerprint density at radius 3 is 2.40 bits per heavy atom. The second-order valence-corrected chi connectivity index (χ2v) is 10.8. The van der Waals surface area contributed by atoms with Crippen LogP contribution in [0.2, 0.25) is 0 Å². The Morgan fingerprint density at radius 1 is 0.971 bits per heavy atom. The first-order chi connectivity index (χ1) is 16.8. The first-order valence-corrected chi connectivity index (χ1v) is 13.2. The molecule has 2 aromatic heterocycles. The number of aryl methyl sites for hydroxylation is 3. The molecule has 6 heteroatoms. The molecule has 1 saturated carbocycles. The summed E-state index contributed by atoms with van der Waals surface area (Å²) < 4.78 is 4.66. The molecule has 0 unspecified atom stereocenters. The number of halogens is 1. The lowest BCUT2D eigenvalue weighted by atomic mass is 9.88. The Morgan fingerprint density at radius 2 is 1.69 bits per heavy atom. The highest BCUT2D eigenvalue weighted by atomic mass is 79.9. The van der Waals surface area contributed by atoms with Crippen LogP contribution in [0.4, 0.5) is 0 Å². The molecular weight excluding hydrogens is 500 g/mol. The molecule has 5 nitrogen and oxygen atoms in total. The third-order valence-corrected chi connectivity index (χ3v) is 7.54. The van der Waals surface area contributed by atoms with Gasteiger partial charge in [-0.25, -0.2) is 4.98 Å². The summed E-state index contributed by atoms with van der Waals surface area (Å²) in [6.45, 7) is 8.46. The quantitative estimate of drug-likeness (QED) is 0.264. The summed E-state index contributed by atoms with van der Waals surface area (Å²) in [5.41, 5.74) is 7.47. The molecule has 0 N–H and O–H groups in total. The molecule has 180 valence electrons. The van der Waals surface area contributed by atoms with Crippen molar-refractivity contribution in [1.82, 2.24) is 14.2 Å². The van der Waals surface area contributed by atoms with Gasteiger partial charge in [-0.2, -0.15) is 9.78 Å². The van der Waals surface area contributed by atoms with Crippen LogP contribution < -0.4 is 5.56 Å². The molecule has 1 fully saturated rings. The van der Waals surface area contributed by atoms with Gasteiger partial charge in [-0.05, 0) is 88.1 Å². The molecule has 0 aliphatic heterocycles. The van der Waals surface area contributed by atoms with E-state index in [4.69, 9.17) is 10.1 Å². The van der Waals surface area contributed by atoms with E-state index < -0.39 is 0 Å². The summed E-state index contributed by atoms with van der Waals surface area (Å²) in [6.07, 6.45) is 7.49.